The molecule has 0 bridgehead atoms. The number of hydrogen-bond acceptors (Lipinski definition) is 6. The standard InChI is InChI=1S/C24H20ClN5O4/c1-29-12-21(27-28-29)18-10-19(18)22-20(24(33)34-2)11-26-30(22)17-8-15(7-16(25)9-17)13-4-3-5-14(6-13)23(31)32/h3-9,11-12,18-19H,10H2,1-2H3,(H,31,32). The SMILES string of the molecule is COC(=O)c1cnn(-c2cc(Cl)cc(-c3cccc(C(=O)O)c3)c2)c1C1CC1c1cn(C)nn1. The highest BCUT2D eigenvalue weighted by atomic mass is 35.5. The number of rotatable bonds is 6. The van der Waals surface area contributed by atoms with Crippen LogP contribution in [0, 0.1) is 0 Å². The van der Waals surface area contributed by atoms with Crippen LogP contribution in [0.1, 0.15) is 50.4 Å². The van der Waals surface area contributed by atoms with Gasteiger partial charge in [-0.1, -0.05) is 28.9 Å². The van der Waals surface area contributed by atoms with Crippen LogP contribution in [0.15, 0.2) is 54.9 Å². The van der Waals surface area contributed by atoms with Gasteiger partial charge in [0.05, 0.1) is 35.9 Å². The molecule has 0 saturated heterocycles. The first kappa shape index (κ1) is 21.8. The molecule has 2 unspecified atom stereocenters. The van der Waals surface area contributed by atoms with Crippen molar-refractivity contribution in [1.82, 2.24) is 24.8 Å². The van der Waals surface area contributed by atoms with E-state index in [4.69, 9.17) is 16.3 Å². The molecule has 0 aliphatic heterocycles. The predicted molar refractivity (Wildman–Crippen MR) is 123 cm³/mol. The Bertz CT molecular complexity index is 1430. The number of carbonyl (C=O) groups excluding carboxylic acids is 1. The second-order valence-corrected chi connectivity index (χ2v) is 8.63. The van der Waals surface area contributed by atoms with Gasteiger partial charge in [-0.15, -0.1) is 5.10 Å². The summed E-state index contributed by atoms with van der Waals surface area (Å²) >= 11 is 6.45. The van der Waals surface area contributed by atoms with Gasteiger partial charge in [0.1, 0.15) is 5.56 Å². The zero-order valence-corrected chi connectivity index (χ0v) is 19.1. The van der Waals surface area contributed by atoms with Crippen molar-refractivity contribution in [3.8, 4) is 16.8 Å². The van der Waals surface area contributed by atoms with Crippen molar-refractivity contribution in [2.24, 2.45) is 7.05 Å². The molecule has 4 aromatic rings. The van der Waals surface area contributed by atoms with Crippen molar-refractivity contribution in [3.05, 3.63) is 82.4 Å². The van der Waals surface area contributed by atoms with Crippen LogP contribution in [0.4, 0.5) is 0 Å². The topological polar surface area (TPSA) is 112 Å². The average molecular weight is 478 g/mol. The molecule has 10 heteroatoms. The van der Waals surface area contributed by atoms with Crippen molar-refractivity contribution in [2.75, 3.05) is 7.11 Å². The first-order valence-electron chi connectivity index (χ1n) is 10.5. The minimum absolute atomic E-state index is 0.00562. The van der Waals surface area contributed by atoms with E-state index in [1.165, 1.54) is 19.4 Å². The number of carbonyl (C=O) groups is 2. The van der Waals surface area contributed by atoms with Crippen molar-refractivity contribution >= 4 is 23.5 Å². The van der Waals surface area contributed by atoms with Crippen LogP contribution < -0.4 is 0 Å². The van der Waals surface area contributed by atoms with Crippen LogP contribution in [-0.2, 0) is 11.8 Å². The molecule has 9 nitrogen and oxygen atoms in total. The molecule has 34 heavy (non-hydrogen) atoms. The Labute approximate surface area is 199 Å². The number of halogens is 1. The lowest BCUT2D eigenvalue weighted by molar-refractivity contribution is 0.0598. The highest BCUT2D eigenvalue weighted by Crippen LogP contribution is 2.55. The molecule has 1 aliphatic rings. The van der Waals surface area contributed by atoms with E-state index in [-0.39, 0.29) is 17.4 Å². The van der Waals surface area contributed by atoms with E-state index in [0.717, 1.165) is 23.4 Å². The summed E-state index contributed by atoms with van der Waals surface area (Å²) in [6.07, 6.45) is 4.16. The lowest BCUT2D eigenvalue weighted by Gasteiger charge is -2.12. The second kappa shape index (κ2) is 8.42. The predicted octanol–water partition coefficient (Wildman–Crippen LogP) is 4.08. The molecule has 2 atom stereocenters. The third-order valence-electron chi connectivity index (χ3n) is 5.92. The Hall–Kier alpha value is -3.98. The highest BCUT2D eigenvalue weighted by Gasteiger charge is 2.46. The first-order chi connectivity index (χ1) is 16.4. The van der Waals surface area contributed by atoms with E-state index in [1.807, 2.05) is 25.4 Å². The van der Waals surface area contributed by atoms with Gasteiger partial charge in [-0.05, 0) is 47.9 Å². The van der Waals surface area contributed by atoms with Gasteiger partial charge in [-0.3, -0.25) is 4.68 Å². The minimum Gasteiger partial charge on any atom is -0.478 e. The summed E-state index contributed by atoms with van der Waals surface area (Å²) in [5.74, 6) is -1.36. The van der Waals surface area contributed by atoms with Crippen LogP contribution in [0.5, 0.6) is 0 Å². The van der Waals surface area contributed by atoms with E-state index in [2.05, 4.69) is 15.4 Å². The van der Waals surface area contributed by atoms with Crippen molar-refractivity contribution in [3.63, 3.8) is 0 Å². The molecule has 5 rings (SSSR count). The number of esters is 1. The first-order valence-corrected chi connectivity index (χ1v) is 10.9. The summed E-state index contributed by atoms with van der Waals surface area (Å²) in [5, 5.41) is 22.5. The molecule has 172 valence electrons. The molecule has 0 amide bonds. The van der Waals surface area contributed by atoms with E-state index >= 15 is 0 Å². The lowest BCUT2D eigenvalue weighted by atomic mass is 10.0. The molecule has 1 N–H and O–H groups in total. The highest BCUT2D eigenvalue weighted by molar-refractivity contribution is 6.31. The maximum atomic E-state index is 12.5. The van der Waals surface area contributed by atoms with Crippen LogP contribution in [0.25, 0.3) is 16.8 Å². The number of aryl methyl sites for hydroxylation is 1. The van der Waals surface area contributed by atoms with E-state index in [1.54, 1.807) is 33.6 Å². The Morgan fingerprint density at radius 1 is 1.15 bits per heavy atom. The number of nitrogens with zero attached hydrogens (tertiary/aromatic N) is 5. The summed E-state index contributed by atoms with van der Waals surface area (Å²) in [5.41, 5.74) is 4.22. The average Bonchev–Trinajstić information content (AvgIpc) is 3.28. The fraction of sp³-hybridized carbons (Fsp3) is 0.208. The van der Waals surface area contributed by atoms with Crippen molar-refractivity contribution in [1.29, 1.82) is 0 Å². The van der Waals surface area contributed by atoms with E-state index in [9.17, 15) is 14.7 Å². The maximum Gasteiger partial charge on any atom is 0.341 e. The van der Waals surface area contributed by atoms with Crippen LogP contribution in [-0.4, -0.2) is 48.9 Å². The van der Waals surface area contributed by atoms with Crippen LogP contribution in [0.2, 0.25) is 5.02 Å². The third kappa shape index (κ3) is 3.94. The molecule has 0 radical (unpaired) electrons. The summed E-state index contributed by atoms with van der Waals surface area (Å²) in [7, 11) is 3.15. The summed E-state index contributed by atoms with van der Waals surface area (Å²) in [4.78, 5) is 23.9. The molecule has 0 spiro atoms. The number of aromatic carboxylic acids is 1. The normalized spacial score (nSPS) is 16.9. The van der Waals surface area contributed by atoms with Gasteiger partial charge in [0, 0.05) is 30.1 Å². The number of carboxylic acid groups (broad SMARTS) is 1. The van der Waals surface area contributed by atoms with E-state index in [0.29, 0.717) is 21.8 Å². The fourth-order valence-electron chi connectivity index (χ4n) is 4.24. The number of methoxy groups -OCH3 is 1. The van der Waals surface area contributed by atoms with Crippen molar-refractivity contribution in [2.45, 2.75) is 18.3 Å². The quantitative estimate of drug-likeness (QED) is 0.416. The minimum atomic E-state index is -1.01. The Balaban J connectivity index is 1.59. The number of hydrogen-bond donors (Lipinski definition) is 1. The third-order valence-corrected chi connectivity index (χ3v) is 6.14. The molecule has 2 heterocycles. The van der Waals surface area contributed by atoms with Crippen LogP contribution in [0.3, 0.4) is 0 Å². The summed E-state index contributed by atoms with van der Waals surface area (Å²) in [6.45, 7) is 0. The zero-order chi connectivity index (χ0) is 24.0. The van der Waals surface area contributed by atoms with Crippen LogP contribution >= 0.6 is 11.6 Å². The van der Waals surface area contributed by atoms with Gasteiger partial charge >= 0.3 is 11.9 Å². The smallest absolute Gasteiger partial charge is 0.341 e. The van der Waals surface area contributed by atoms with Gasteiger partial charge in [-0.2, -0.15) is 5.10 Å². The number of benzene rings is 2. The van der Waals surface area contributed by atoms with Gasteiger partial charge in [0.25, 0.3) is 0 Å². The zero-order valence-electron chi connectivity index (χ0n) is 18.3. The monoisotopic (exact) mass is 477 g/mol. The Morgan fingerprint density at radius 2 is 1.97 bits per heavy atom. The Kier molecular flexibility index (Phi) is 5.41. The van der Waals surface area contributed by atoms with Gasteiger partial charge < -0.3 is 9.84 Å². The summed E-state index contributed by atoms with van der Waals surface area (Å²) in [6, 6.07) is 12.0. The maximum absolute atomic E-state index is 12.5. The molecular weight excluding hydrogens is 458 g/mol. The number of aromatic nitrogens is 5. The second-order valence-electron chi connectivity index (χ2n) is 8.20. The van der Waals surface area contributed by atoms with E-state index < -0.39 is 11.9 Å². The summed E-state index contributed by atoms with van der Waals surface area (Å²) < 4.78 is 8.34. The molecule has 2 aromatic carbocycles. The fourth-order valence-corrected chi connectivity index (χ4v) is 4.47. The lowest BCUT2D eigenvalue weighted by Crippen LogP contribution is -2.08. The number of ether oxygens (including phenoxy) is 1. The van der Waals surface area contributed by atoms with Gasteiger partial charge in [-0.25, -0.2) is 14.3 Å². The molecular formula is C24H20ClN5O4. The van der Waals surface area contributed by atoms with Gasteiger partial charge in [0.2, 0.25) is 0 Å². The molecule has 1 fully saturated rings. The number of carboxylic acids is 1. The largest absolute Gasteiger partial charge is 0.478 e. The molecule has 2 aromatic heterocycles. The molecule has 1 saturated carbocycles. The van der Waals surface area contributed by atoms with Gasteiger partial charge in [0.15, 0.2) is 0 Å². The van der Waals surface area contributed by atoms with Crippen molar-refractivity contribution < 1.29 is 19.4 Å². The Morgan fingerprint density at radius 3 is 2.68 bits per heavy atom. The molecule has 1 aliphatic carbocycles.